The van der Waals surface area contributed by atoms with Crippen LogP contribution in [0.1, 0.15) is 17.0 Å². The molecule has 2 rings (SSSR count). The maximum Gasteiger partial charge on any atom is 4.00 e. The van der Waals surface area contributed by atoms with Crippen molar-refractivity contribution < 1.29 is 51.0 Å². The van der Waals surface area contributed by atoms with Crippen molar-refractivity contribution in [2.45, 2.75) is 20.8 Å². The van der Waals surface area contributed by atoms with Gasteiger partial charge in [-0.15, -0.1) is 5.69 Å². The molecular weight excluding hydrogens is 322 g/mol. The van der Waals surface area contributed by atoms with Gasteiger partial charge in [0.05, 0.1) is 0 Å². The normalized spacial score (nSPS) is 7.44. The third kappa shape index (κ3) is 7.32. The SMILES string of the molecule is Cc1n[n-]c(C)c1C.[Cl-].[Cl-].[Zr+4].c1cc[cH-]c1. The molecule has 86 valence electrons. The van der Waals surface area contributed by atoms with Gasteiger partial charge >= 0.3 is 26.2 Å². The fraction of sp³-hybridized carbons (Fsp3) is 0.273. The van der Waals surface area contributed by atoms with Crippen LogP contribution in [0.15, 0.2) is 30.3 Å². The average Bonchev–Trinajstić information content (AvgIpc) is 2.75. The van der Waals surface area contributed by atoms with E-state index in [2.05, 4.69) is 10.2 Å². The van der Waals surface area contributed by atoms with Crippen LogP contribution in [0, 0.1) is 20.8 Å². The Balaban J connectivity index is -0.000000189. The van der Waals surface area contributed by atoms with Crippen molar-refractivity contribution in [3.8, 4) is 0 Å². The molecule has 2 nitrogen and oxygen atoms in total. The quantitative estimate of drug-likeness (QED) is 0.465. The van der Waals surface area contributed by atoms with E-state index in [9.17, 15) is 0 Å². The number of nitrogens with zero attached hydrogens (tertiary/aromatic N) is 2. The zero-order valence-electron chi connectivity index (χ0n) is 9.54. The summed E-state index contributed by atoms with van der Waals surface area (Å²) in [5.74, 6) is 0. The second-order valence-electron chi connectivity index (χ2n) is 2.96. The van der Waals surface area contributed by atoms with Crippen molar-refractivity contribution in [2.24, 2.45) is 0 Å². The number of aromatic nitrogens is 2. The molecule has 0 saturated carbocycles. The minimum atomic E-state index is 0. The summed E-state index contributed by atoms with van der Waals surface area (Å²) < 4.78 is 0. The van der Waals surface area contributed by atoms with Gasteiger partial charge in [-0.25, -0.2) is 12.1 Å². The Kier molecular flexibility index (Phi) is 15.3. The topological polar surface area (TPSA) is 27.0 Å². The summed E-state index contributed by atoms with van der Waals surface area (Å²) in [6.45, 7) is 5.97. The van der Waals surface area contributed by atoms with Gasteiger partial charge in [-0.3, -0.25) is 0 Å². The number of aryl methyl sites for hydroxylation is 2. The molecule has 0 saturated heterocycles. The Morgan fingerprint density at radius 1 is 1.06 bits per heavy atom. The Morgan fingerprint density at radius 2 is 1.56 bits per heavy atom. The third-order valence-electron chi connectivity index (χ3n) is 1.99. The van der Waals surface area contributed by atoms with Crippen molar-refractivity contribution >= 4 is 0 Å². The molecular formula is C11H14Cl2N2Zr. The molecule has 0 unspecified atom stereocenters. The van der Waals surface area contributed by atoms with Gasteiger partial charge in [0.25, 0.3) is 0 Å². The molecule has 0 amide bonds. The standard InChI is InChI=1S/C6H9N2.C5H5.2ClH.Zr/c1-4-5(2)7-8-6(4)3;1-2-4-5-3-1;;;/h1-3H3;1-5H;2*1H;/q2*-1;;;+4/p-2. The van der Waals surface area contributed by atoms with E-state index < -0.39 is 0 Å². The Hall–Kier alpha value is 0.0231. The number of rotatable bonds is 0. The second-order valence-corrected chi connectivity index (χ2v) is 2.96. The van der Waals surface area contributed by atoms with Gasteiger partial charge in [0.15, 0.2) is 0 Å². The summed E-state index contributed by atoms with van der Waals surface area (Å²) in [7, 11) is 0. The summed E-state index contributed by atoms with van der Waals surface area (Å²) in [4.78, 5) is 0. The van der Waals surface area contributed by atoms with E-state index in [0.29, 0.717) is 0 Å². The summed E-state index contributed by atoms with van der Waals surface area (Å²) >= 11 is 0. The smallest absolute Gasteiger partial charge is 1.00 e. The molecule has 0 radical (unpaired) electrons. The molecule has 0 aliphatic heterocycles. The summed E-state index contributed by atoms with van der Waals surface area (Å²) in [6, 6.07) is 10.0. The number of hydrogen-bond donors (Lipinski definition) is 0. The van der Waals surface area contributed by atoms with Crippen LogP contribution in [0.25, 0.3) is 0 Å². The first-order valence-corrected chi connectivity index (χ1v) is 4.31. The molecule has 0 spiro atoms. The van der Waals surface area contributed by atoms with Crippen molar-refractivity contribution in [1.29, 1.82) is 0 Å². The predicted molar refractivity (Wildman–Crippen MR) is 53.8 cm³/mol. The molecule has 0 aliphatic carbocycles. The van der Waals surface area contributed by atoms with E-state index >= 15 is 0 Å². The van der Waals surface area contributed by atoms with Crippen molar-refractivity contribution in [1.82, 2.24) is 10.2 Å². The van der Waals surface area contributed by atoms with Crippen LogP contribution in [-0.4, -0.2) is 5.10 Å². The molecule has 0 atom stereocenters. The fourth-order valence-electron chi connectivity index (χ4n) is 0.883. The zero-order chi connectivity index (χ0) is 9.68. The Labute approximate surface area is 129 Å². The van der Waals surface area contributed by atoms with Crippen LogP contribution in [0.3, 0.4) is 0 Å². The Morgan fingerprint density at radius 3 is 1.69 bits per heavy atom. The number of hydrogen-bond acceptors (Lipinski definition) is 1. The van der Waals surface area contributed by atoms with E-state index in [1.807, 2.05) is 51.1 Å². The van der Waals surface area contributed by atoms with Crippen LogP contribution in [0.5, 0.6) is 0 Å². The molecule has 0 aliphatic rings. The maximum atomic E-state index is 3.87. The first-order valence-electron chi connectivity index (χ1n) is 4.31. The van der Waals surface area contributed by atoms with E-state index in [4.69, 9.17) is 0 Å². The van der Waals surface area contributed by atoms with Gasteiger partial charge in [-0.2, -0.15) is 18.2 Å². The zero-order valence-corrected chi connectivity index (χ0v) is 13.5. The monoisotopic (exact) mass is 334 g/mol. The van der Waals surface area contributed by atoms with Crippen LogP contribution in [0.2, 0.25) is 0 Å². The van der Waals surface area contributed by atoms with Gasteiger partial charge in [0.1, 0.15) is 0 Å². The predicted octanol–water partition coefficient (Wildman–Crippen LogP) is -3.62. The van der Waals surface area contributed by atoms with Gasteiger partial charge in [-0.1, -0.05) is 6.92 Å². The van der Waals surface area contributed by atoms with E-state index in [-0.39, 0.29) is 51.0 Å². The van der Waals surface area contributed by atoms with Gasteiger partial charge < -0.3 is 35.0 Å². The van der Waals surface area contributed by atoms with Crippen LogP contribution < -0.4 is 29.9 Å². The first kappa shape index (κ1) is 21.3. The minimum absolute atomic E-state index is 0. The molecule has 16 heavy (non-hydrogen) atoms. The second kappa shape index (κ2) is 11.5. The van der Waals surface area contributed by atoms with E-state index in [0.717, 1.165) is 11.4 Å². The summed E-state index contributed by atoms with van der Waals surface area (Å²) in [5, 5.41) is 7.73. The van der Waals surface area contributed by atoms with Crippen molar-refractivity contribution in [3.63, 3.8) is 0 Å². The maximum absolute atomic E-state index is 3.87. The van der Waals surface area contributed by atoms with E-state index in [1.54, 1.807) is 0 Å². The molecule has 2 aromatic rings. The minimum Gasteiger partial charge on any atom is -1.00 e. The number of halogens is 2. The first-order chi connectivity index (χ1) is 6.22. The molecule has 1 aromatic heterocycles. The third-order valence-corrected chi connectivity index (χ3v) is 1.99. The summed E-state index contributed by atoms with van der Waals surface area (Å²) in [6.07, 6.45) is 0. The Bertz CT molecular complexity index is 308. The fourth-order valence-corrected chi connectivity index (χ4v) is 0.883. The van der Waals surface area contributed by atoms with E-state index in [1.165, 1.54) is 5.56 Å². The van der Waals surface area contributed by atoms with Crippen LogP contribution >= 0.6 is 0 Å². The van der Waals surface area contributed by atoms with Crippen LogP contribution in [-0.2, 0) is 26.2 Å². The molecule has 1 aromatic carbocycles. The molecule has 5 heteroatoms. The molecule has 0 N–H and O–H groups in total. The van der Waals surface area contributed by atoms with Crippen LogP contribution in [0.4, 0.5) is 0 Å². The van der Waals surface area contributed by atoms with Crippen molar-refractivity contribution in [2.75, 3.05) is 0 Å². The van der Waals surface area contributed by atoms with Gasteiger partial charge in [0, 0.05) is 5.69 Å². The molecule has 0 fully saturated rings. The van der Waals surface area contributed by atoms with Crippen molar-refractivity contribution in [3.05, 3.63) is 47.3 Å². The summed E-state index contributed by atoms with van der Waals surface area (Å²) in [5.41, 5.74) is 3.30. The van der Waals surface area contributed by atoms with Gasteiger partial charge in [-0.05, 0) is 19.4 Å². The largest absolute Gasteiger partial charge is 4.00 e. The molecule has 0 bridgehead atoms. The van der Waals surface area contributed by atoms with Gasteiger partial charge in [0.2, 0.25) is 0 Å². The molecule has 1 heterocycles. The average molecular weight is 336 g/mol.